The molecule has 10 N–H and O–H groups in total. The molecule has 0 aliphatic heterocycles. The van der Waals surface area contributed by atoms with Gasteiger partial charge in [0.15, 0.2) is 0 Å². The summed E-state index contributed by atoms with van der Waals surface area (Å²) in [5, 5.41) is 99.2. The van der Waals surface area contributed by atoms with Gasteiger partial charge in [-0.2, -0.15) is 0 Å². The molecule has 0 unspecified atom stereocenters. The second-order valence-corrected chi connectivity index (χ2v) is 24.0. The van der Waals surface area contributed by atoms with Crippen LogP contribution < -0.4 is 40.9 Å². The molecule has 0 saturated carbocycles. The van der Waals surface area contributed by atoms with Gasteiger partial charge in [0.25, 0.3) is 0 Å². The Balaban J connectivity index is -0.000000122. The van der Waals surface area contributed by atoms with Crippen LogP contribution >= 0.6 is 0 Å². The number of nitrogens with zero attached hydrogens (tertiary/aromatic N) is 4. The summed E-state index contributed by atoms with van der Waals surface area (Å²) in [5.41, 5.74) is 17.0. The van der Waals surface area contributed by atoms with Crippen LogP contribution in [-0.4, -0.2) is 91.4 Å². The van der Waals surface area contributed by atoms with Gasteiger partial charge in [-0.05, 0) is 118 Å². The van der Waals surface area contributed by atoms with Crippen molar-refractivity contribution in [3.8, 4) is 44.5 Å². The van der Waals surface area contributed by atoms with Crippen LogP contribution in [0.1, 0.15) is 156 Å². The normalized spacial score (nSPS) is 9.41. The van der Waals surface area contributed by atoms with Gasteiger partial charge >= 0.3 is 66.0 Å². The Bertz CT molecular complexity index is 2860. The van der Waals surface area contributed by atoms with Crippen molar-refractivity contribution in [3.63, 3.8) is 0 Å². The third-order valence-corrected chi connectivity index (χ3v) is 12.2. The summed E-state index contributed by atoms with van der Waals surface area (Å²) in [6, 6.07) is 49.0. The van der Waals surface area contributed by atoms with Gasteiger partial charge in [0.05, 0.1) is 0 Å². The van der Waals surface area contributed by atoms with Gasteiger partial charge < -0.3 is 91.8 Å². The molecule has 4 aromatic heterocycles. The topological polar surface area (TPSA) is 461 Å². The smallest absolute Gasteiger partial charge is 0.850 e. The second-order valence-electron chi connectivity index (χ2n) is 24.0. The monoisotopic (exact) mass is 1580 g/mol. The molecule has 4 heterocycles. The average molecular weight is 1580 g/mol. The summed E-state index contributed by atoms with van der Waals surface area (Å²) in [7, 11) is 3.00. The van der Waals surface area contributed by atoms with Gasteiger partial charge in [-0.15, -0.1) is 0 Å². The molecule has 0 aliphatic rings. The SMILES string of the molecule is CC(=O)[O-].CC(=O)[O-].CC(=O)[O-].CC(=O)[O-].CC(C)(C)c1ccc(-c2ccc(C[O-])nc2)cc1.CC(C)(C)c1ccc(-c2ccc(C[O-])nc2)cc1.CC(C)(C)c1ccc(-c2ccc(C[O-])nc2)cc1.CC(C)(C)c1ccc(-c2ccc(C[O-])nc2)cc1.CO.CO.CO.O.O.[Ni+2].[Ni+2].[Ni+2].[Ni+2].[OH3+]. The maximum atomic E-state index is 10.7. The predicted molar refractivity (Wildman–Crippen MR) is 368 cm³/mol. The number of benzene rings is 4. The summed E-state index contributed by atoms with van der Waals surface area (Å²) in [6.45, 7) is 29.3. The van der Waals surface area contributed by atoms with Crippen LogP contribution in [0.15, 0.2) is 170 Å². The molecular weight excluding hydrogens is 1480 g/mol. The number of hydrogen-bond donors (Lipinski definition) is 3. The van der Waals surface area contributed by atoms with Gasteiger partial charge in [0, 0.05) is 115 Å². The number of carboxylic acid groups (broad SMARTS) is 4. The summed E-state index contributed by atoms with van der Waals surface area (Å²) < 4.78 is 0. The molecule has 0 radical (unpaired) electrons. The summed E-state index contributed by atoms with van der Waals surface area (Å²) in [5.74, 6) is -4.33. The average Bonchev–Trinajstić information content (AvgIpc) is 0.859. The fourth-order valence-electron chi connectivity index (χ4n) is 7.37. The van der Waals surface area contributed by atoms with Crippen LogP contribution in [0.5, 0.6) is 0 Å². The van der Waals surface area contributed by atoms with Crippen molar-refractivity contribution in [2.45, 2.75) is 159 Å². The fraction of sp³-hybridized carbons (Fsp3) is 0.360. The Morgan fingerprint density at radius 3 is 0.465 bits per heavy atom. The maximum absolute atomic E-state index is 10.7. The molecule has 0 atom stereocenters. The second kappa shape index (κ2) is 61.6. The summed E-state index contributed by atoms with van der Waals surface area (Å²) in [6.07, 6.45) is 7.05. The van der Waals surface area contributed by atoms with E-state index in [9.17, 15) is 20.4 Å². The number of carbonyl (C=O) groups excluding carboxylic acids is 4. The maximum Gasteiger partial charge on any atom is 2.00 e. The van der Waals surface area contributed by atoms with E-state index in [1.165, 1.54) is 22.3 Å². The number of hydrogen-bond acceptors (Lipinski definition) is 19. The molecular formula is C75H103N4Ni4O18+. The number of aliphatic carboxylic acids is 4. The zero-order valence-corrected chi connectivity index (χ0v) is 64.8. The van der Waals surface area contributed by atoms with Crippen molar-refractivity contribution < 1.29 is 158 Å². The molecule has 8 rings (SSSR count). The van der Waals surface area contributed by atoms with Crippen LogP contribution in [0, 0.1) is 0 Å². The Hall–Kier alpha value is -7.07. The standard InChI is InChI=1S/4C16H18NO.4C2H4O2.3CH4O.4Ni.3H2O/c4*1-16(2,3)14-7-4-12(5-8-14)13-6-9-15(11-18)17-10-13;4*1-2(3)4;3*1-2;;;;;;;/h4*4-10H,11H2,1-3H3;4*1H3,(H,3,4);3*2H,1H3;;;;;3*1H2/q4*-1;;;;;;;;4*+2;;;/p-3. The molecule has 26 heteroatoms. The van der Waals surface area contributed by atoms with Crippen LogP contribution in [0.3, 0.4) is 0 Å². The number of aromatic nitrogens is 4. The first-order valence-electron chi connectivity index (χ1n) is 29.6. The van der Waals surface area contributed by atoms with Crippen molar-refractivity contribution >= 4 is 23.9 Å². The Morgan fingerprint density at radius 1 is 0.277 bits per heavy atom. The van der Waals surface area contributed by atoms with E-state index in [0.717, 1.165) is 93.5 Å². The Labute approximate surface area is 637 Å². The number of rotatable bonds is 8. The van der Waals surface area contributed by atoms with E-state index in [0.29, 0.717) is 22.8 Å². The predicted octanol–water partition coefficient (Wildman–Crippen LogP) is 2.89. The van der Waals surface area contributed by atoms with Gasteiger partial charge in [-0.25, -0.2) is 0 Å². The minimum Gasteiger partial charge on any atom is -0.850 e. The first-order valence-corrected chi connectivity index (χ1v) is 29.6. The number of pyridine rings is 4. The first-order chi connectivity index (χ1) is 43.9. The van der Waals surface area contributed by atoms with E-state index in [2.05, 4.69) is 200 Å². The van der Waals surface area contributed by atoms with Gasteiger partial charge in [-0.3, -0.25) is 19.9 Å². The van der Waals surface area contributed by atoms with Crippen LogP contribution in [-0.2, 0) is 139 Å². The Morgan fingerprint density at radius 2 is 0.386 bits per heavy atom. The third-order valence-electron chi connectivity index (χ3n) is 12.2. The molecule has 4 aromatic carbocycles. The Kier molecular flexibility index (Phi) is 70.2. The van der Waals surface area contributed by atoms with Crippen molar-refractivity contribution in [2.75, 3.05) is 21.3 Å². The number of carbonyl (C=O) groups is 4. The van der Waals surface area contributed by atoms with Crippen LogP contribution in [0.4, 0.5) is 0 Å². The number of aliphatic hydroxyl groups is 3. The fourth-order valence-corrected chi connectivity index (χ4v) is 7.37. The molecule has 570 valence electrons. The first kappa shape index (κ1) is 115. The minimum absolute atomic E-state index is 0. The molecule has 0 fully saturated rings. The molecule has 0 amide bonds. The van der Waals surface area contributed by atoms with E-state index in [-0.39, 0.29) is 130 Å². The molecule has 0 saturated heterocycles. The van der Waals surface area contributed by atoms with Gasteiger partial charge in [0.2, 0.25) is 0 Å². The quantitative estimate of drug-likeness (QED) is 0.145. The van der Waals surface area contributed by atoms with Crippen molar-refractivity contribution in [1.29, 1.82) is 0 Å². The molecule has 22 nitrogen and oxygen atoms in total. The van der Waals surface area contributed by atoms with Crippen molar-refractivity contribution in [2.24, 2.45) is 0 Å². The van der Waals surface area contributed by atoms with E-state index in [1.54, 1.807) is 49.1 Å². The minimum atomic E-state index is -1.08. The van der Waals surface area contributed by atoms with E-state index in [4.69, 9.17) is 54.9 Å². The van der Waals surface area contributed by atoms with Crippen LogP contribution in [0.25, 0.3) is 44.5 Å². The van der Waals surface area contributed by atoms with Gasteiger partial charge in [0.1, 0.15) is 0 Å². The third kappa shape index (κ3) is 52.5. The van der Waals surface area contributed by atoms with Crippen molar-refractivity contribution in [1.82, 2.24) is 19.9 Å². The van der Waals surface area contributed by atoms with Gasteiger partial charge in [-0.1, -0.05) is 231 Å². The van der Waals surface area contributed by atoms with Crippen molar-refractivity contribution in [3.05, 3.63) is 215 Å². The van der Waals surface area contributed by atoms with Crippen LogP contribution in [0.2, 0.25) is 0 Å². The summed E-state index contributed by atoms with van der Waals surface area (Å²) >= 11 is 0. The molecule has 8 aromatic rings. The number of aliphatic hydroxyl groups excluding tert-OH is 3. The van der Waals surface area contributed by atoms with E-state index in [1.807, 2.05) is 24.3 Å². The van der Waals surface area contributed by atoms with E-state index >= 15 is 0 Å². The zero-order valence-electron chi connectivity index (χ0n) is 60.9. The summed E-state index contributed by atoms with van der Waals surface area (Å²) in [4.78, 5) is 52.1. The number of carboxylic acids is 4. The largest absolute Gasteiger partial charge is 2.00 e. The molecule has 0 aliphatic carbocycles. The molecule has 101 heavy (non-hydrogen) atoms. The molecule has 0 spiro atoms. The van der Waals surface area contributed by atoms with E-state index < -0.39 is 23.9 Å². The zero-order chi connectivity index (χ0) is 73.0. The molecule has 0 bridgehead atoms.